The average molecular weight is 389 g/mol. The maximum atomic E-state index is 13.3. The van der Waals surface area contributed by atoms with Gasteiger partial charge in [0.05, 0.1) is 24.4 Å². The van der Waals surface area contributed by atoms with Crippen molar-refractivity contribution in [3.8, 4) is 11.4 Å². The minimum Gasteiger partial charge on any atom is -0.343 e. The van der Waals surface area contributed by atoms with Gasteiger partial charge in [0.2, 0.25) is 11.6 Å². The van der Waals surface area contributed by atoms with Gasteiger partial charge in [-0.25, -0.2) is 14.5 Å². The van der Waals surface area contributed by atoms with E-state index in [-0.39, 0.29) is 11.6 Å². The normalized spacial score (nSPS) is 16.9. The van der Waals surface area contributed by atoms with Crippen molar-refractivity contribution in [3.05, 3.63) is 65.0 Å². The molecule has 1 atom stereocenters. The highest BCUT2D eigenvalue weighted by Gasteiger charge is 2.29. The number of aromatic amines is 1. The number of anilines is 1. The SMILES string of the molecule is CC(C)n1c(N2CC[C@@H](c3ccccc3)C2)nn2c(-c3cnc[nH]3)cnc2c1=O. The molecule has 1 aliphatic heterocycles. The third-order valence-electron chi connectivity index (χ3n) is 5.59. The summed E-state index contributed by atoms with van der Waals surface area (Å²) in [6.07, 6.45) is 6.02. The third kappa shape index (κ3) is 2.91. The van der Waals surface area contributed by atoms with Gasteiger partial charge in [-0.3, -0.25) is 9.36 Å². The molecule has 5 rings (SSSR count). The lowest BCUT2D eigenvalue weighted by Gasteiger charge is -2.24. The van der Waals surface area contributed by atoms with Crippen molar-refractivity contribution in [2.24, 2.45) is 0 Å². The Morgan fingerprint density at radius 1 is 1.17 bits per heavy atom. The van der Waals surface area contributed by atoms with Crippen LogP contribution in [0.5, 0.6) is 0 Å². The van der Waals surface area contributed by atoms with E-state index in [1.54, 1.807) is 27.8 Å². The van der Waals surface area contributed by atoms with E-state index in [0.717, 1.165) is 30.9 Å². The van der Waals surface area contributed by atoms with Crippen molar-refractivity contribution in [2.45, 2.75) is 32.2 Å². The van der Waals surface area contributed by atoms with Crippen molar-refractivity contribution in [1.82, 2.24) is 29.1 Å². The molecule has 0 radical (unpaired) electrons. The number of fused-ring (bicyclic) bond motifs is 1. The summed E-state index contributed by atoms with van der Waals surface area (Å²) in [6, 6.07) is 10.5. The summed E-state index contributed by atoms with van der Waals surface area (Å²) in [5.41, 5.74) is 3.03. The molecule has 8 nitrogen and oxygen atoms in total. The molecular weight excluding hydrogens is 366 g/mol. The van der Waals surface area contributed by atoms with E-state index in [0.29, 0.717) is 17.5 Å². The highest BCUT2D eigenvalue weighted by molar-refractivity contribution is 5.58. The third-order valence-corrected chi connectivity index (χ3v) is 5.59. The number of hydrogen-bond acceptors (Lipinski definition) is 5. The van der Waals surface area contributed by atoms with Gasteiger partial charge in [0, 0.05) is 25.0 Å². The van der Waals surface area contributed by atoms with E-state index in [1.165, 1.54) is 5.56 Å². The molecule has 0 amide bonds. The number of H-pyrrole nitrogens is 1. The number of aromatic nitrogens is 6. The zero-order valence-corrected chi connectivity index (χ0v) is 16.5. The van der Waals surface area contributed by atoms with Crippen LogP contribution in [-0.2, 0) is 0 Å². The van der Waals surface area contributed by atoms with E-state index in [1.807, 2.05) is 19.9 Å². The lowest BCUT2D eigenvalue weighted by molar-refractivity contribution is 0.550. The first-order valence-electron chi connectivity index (χ1n) is 9.92. The molecule has 148 valence electrons. The molecule has 0 unspecified atom stereocenters. The van der Waals surface area contributed by atoms with Gasteiger partial charge in [-0.15, -0.1) is 5.10 Å². The van der Waals surface area contributed by atoms with Crippen LogP contribution in [0, 0.1) is 0 Å². The number of rotatable bonds is 4. The first-order valence-corrected chi connectivity index (χ1v) is 9.92. The first kappa shape index (κ1) is 17.7. The first-order chi connectivity index (χ1) is 14.1. The van der Waals surface area contributed by atoms with Crippen LogP contribution in [0.1, 0.15) is 37.8 Å². The number of nitrogens with one attached hydrogen (secondary N) is 1. The standard InChI is InChI=1S/C21H23N7O/c1-14(2)27-20(29)19-23-11-18(17-10-22-13-24-17)28(19)25-21(27)26-9-8-16(12-26)15-6-4-3-5-7-15/h3-7,10-11,13-14,16H,8-9,12H2,1-2H3,(H,22,24)/t16-/m1/s1. The van der Waals surface area contributed by atoms with Crippen LogP contribution in [0.3, 0.4) is 0 Å². The van der Waals surface area contributed by atoms with E-state index in [9.17, 15) is 4.79 Å². The van der Waals surface area contributed by atoms with Crippen LogP contribution in [0.4, 0.5) is 5.95 Å². The van der Waals surface area contributed by atoms with Crippen molar-refractivity contribution in [3.63, 3.8) is 0 Å². The van der Waals surface area contributed by atoms with Crippen LogP contribution in [0.2, 0.25) is 0 Å². The molecule has 0 saturated carbocycles. The molecule has 4 heterocycles. The summed E-state index contributed by atoms with van der Waals surface area (Å²) in [7, 11) is 0. The van der Waals surface area contributed by atoms with Crippen molar-refractivity contribution in [2.75, 3.05) is 18.0 Å². The second-order valence-corrected chi connectivity index (χ2v) is 7.76. The van der Waals surface area contributed by atoms with Crippen LogP contribution < -0.4 is 10.5 Å². The Bertz CT molecular complexity index is 1190. The Balaban J connectivity index is 1.62. The minimum atomic E-state index is -0.126. The molecule has 0 spiro atoms. The van der Waals surface area contributed by atoms with Crippen molar-refractivity contribution < 1.29 is 0 Å². The van der Waals surface area contributed by atoms with E-state index in [2.05, 4.69) is 44.1 Å². The predicted molar refractivity (Wildman–Crippen MR) is 111 cm³/mol. The molecule has 1 aliphatic rings. The number of nitrogens with zero attached hydrogens (tertiary/aromatic N) is 6. The Labute approximate surface area is 167 Å². The smallest absolute Gasteiger partial charge is 0.298 e. The van der Waals surface area contributed by atoms with Gasteiger partial charge in [0.15, 0.2) is 0 Å². The predicted octanol–water partition coefficient (Wildman–Crippen LogP) is 2.86. The van der Waals surface area contributed by atoms with Crippen molar-refractivity contribution >= 4 is 11.6 Å². The molecule has 4 aromatic rings. The second kappa shape index (κ2) is 6.88. The van der Waals surface area contributed by atoms with Gasteiger partial charge in [0.1, 0.15) is 5.69 Å². The Morgan fingerprint density at radius 2 is 2.00 bits per heavy atom. The van der Waals surface area contributed by atoms with Gasteiger partial charge in [-0.05, 0) is 25.8 Å². The van der Waals surface area contributed by atoms with Gasteiger partial charge in [-0.1, -0.05) is 30.3 Å². The number of benzene rings is 1. The zero-order chi connectivity index (χ0) is 20.0. The summed E-state index contributed by atoms with van der Waals surface area (Å²) in [6.45, 7) is 5.71. The summed E-state index contributed by atoms with van der Waals surface area (Å²) < 4.78 is 3.40. The van der Waals surface area contributed by atoms with Crippen LogP contribution in [0.25, 0.3) is 17.0 Å². The molecule has 1 fully saturated rings. The summed E-state index contributed by atoms with van der Waals surface area (Å²) in [5.74, 6) is 1.12. The fourth-order valence-corrected chi connectivity index (χ4v) is 4.13. The molecule has 3 aromatic heterocycles. The van der Waals surface area contributed by atoms with Gasteiger partial charge in [-0.2, -0.15) is 0 Å². The zero-order valence-electron chi connectivity index (χ0n) is 16.5. The topological polar surface area (TPSA) is 84.1 Å². The second-order valence-electron chi connectivity index (χ2n) is 7.76. The Hall–Kier alpha value is -3.42. The maximum Gasteiger partial charge on any atom is 0.298 e. The van der Waals surface area contributed by atoms with E-state index >= 15 is 0 Å². The fourth-order valence-electron chi connectivity index (χ4n) is 4.13. The monoisotopic (exact) mass is 389 g/mol. The average Bonchev–Trinajstić information content (AvgIpc) is 3.47. The number of hydrogen-bond donors (Lipinski definition) is 1. The van der Waals surface area contributed by atoms with Crippen LogP contribution >= 0.6 is 0 Å². The molecule has 8 heteroatoms. The molecule has 0 aliphatic carbocycles. The summed E-state index contributed by atoms with van der Waals surface area (Å²) in [5, 5.41) is 4.88. The molecule has 1 saturated heterocycles. The molecular formula is C21H23N7O. The molecule has 1 N–H and O–H groups in total. The Kier molecular flexibility index (Phi) is 4.19. The van der Waals surface area contributed by atoms with Crippen molar-refractivity contribution in [1.29, 1.82) is 0 Å². The van der Waals surface area contributed by atoms with Gasteiger partial charge < -0.3 is 9.88 Å². The fraction of sp³-hybridized carbons (Fsp3) is 0.333. The summed E-state index contributed by atoms with van der Waals surface area (Å²) in [4.78, 5) is 27.0. The molecule has 0 bridgehead atoms. The molecule has 1 aromatic carbocycles. The lowest BCUT2D eigenvalue weighted by Crippen LogP contribution is -2.34. The summed E-state index contributed by atoms with van der Waals surface area (Å²) >= 11 is 0. The number of imidazole rings is 2. The largest absolute Gasteiger partial charge is 0.343 e. The maximum absolute atomic E-state index is 13.3. The van der Waals surface area contributed by atoms with Crippen LogP contribution in [-0.4, -0.2) is 42.2 Å². The highest BCUT2D eigenvalue weighted by atomic mass is 16.1. The van der Waals surface area contributed by atoms with Crippen LogP contribution in [0.15, 0.2) is 53.8 Å². The van der Waals surface area contributed by atoms with Gasteiger partial charge in [0.25, 0.3) is 5.56 Å². The minimum absolute atomic E-state index is 0.0157. The molecule has 29 heavy (non-hydrogen) atoms. The van der Waals surface area contributed by atoms with E-state index in [4.69, 9.17) is 5.10 Å². The highest BCUT2D eigenvalue weighted by Crippen LogP contribution is 2.30. The lowest BCUT2D eigenvalue weighted by atomic mass is 9.99. The van der Waals surface area contributed by atoms with Gasteiger partial charge >= 0.3 is 0 Å². The van der Waals surface area contributed by atoms with E-state index < -0.39 is 0 Å². The Morgan fingerprint density at radius 3 is 2.72 bits per heavy atom. The quantitative estimate of drug-likeness (QED) is 0.580.